The number of benzene rings is 1. The fraction of sp³-hybridized carbons (Fsp3) is 0.368. The zero-order valence-electron chi connectivity index (χ0n) is 14.5. The fourth-order valence-electron chi connectivity index (χ4n) is 3.11. The van der Waals surface area contributed by atoms with Crippen LogP contribution >= 0.6 is 23.7 Å². The van der Waals surface area contributed by atoms with Crippen molar-refractivity contribution in [1.29, 1.82) is 0 Å². The third-order valence-electron chi connectivity index (χ3n) is 4.59. The van der Waals surface area contributed by atoms with Crippen molar-refractivity contribution >= 4 is 41.2 Å². The Labute approximate surface area is 164 Å². The van der Waals surface area contributed by atoms with Crippen LogP contribution in [0.5, 0.6) is 0 Å². The maximum atomic E-state index is 12.5. The molecule has 140 valence electrons. The van der Waals surface area contributed by atoms with Gasteiger partial charge in [0.25, 0.3) is 5.91 Å². The number of hydrogen-bond acceptors (Lipinski definition) is 4. The lowest BCUT2D eigenvalue weighted by atomic mass is 9.95. The van der Waals surface area contributed by atoms with Crippen molar-refractivity contribution in [1.82, 2.24) is 10.2 Å². The summed E-state index contributed by atoms with van der Waals surface area (Å²) >= 11 is 1.71. The van der Waals surface area contributed by atoms with Crippen molar-refractivity contribution in [2.75, 3.05) is 25.4 Å². The number of halogens is 1. The predicted molar refractivity (Wildman–Crippen MR) is 108 cm³/mol. The van der Waals surface area contributed by atoms with Crippen molar-refractivity contribution in [3.8, 4) is 0 Å². The Morgan fingerprint density at radius 2 is 1.88 bits per heavy atom. The van der Waals surface area contributed by atoms with E-state index in [9.17, 15) is 9.59 Å². The number of nitrogens with two attached hydrogens (primary N) is 1. The molecule has 0 radical (unpaired) electrons. The molecule has 3 N–H and O–H groups in total. The second-order valence-electron chi connectivity index (χ2n) is 6.27. The van der Waals surface area contributed by atoms with Crippen molar-refractivity contribution in [3.05, 3.63) is 52.2 Å². The largest absolute Gasteiger partial charge is 0.398 e. The average Bonchev–Trinajstić information content (AvgIpc) is 3.15. The highest BCUT2D eigenvalue weighted by molar-refractivity contribution is 7.09. The first-order chi connectivity index (χ1) is 12.1. The summed E-state index contributed by atoms with van der Waals surface area (Å²) in [6.45, 7) is 1.85. The van der Waals surface area contributed by atoms with E-state index in [0.717, 1.165) is 6.42 Å². The van der Waals surface area contributed by atoms with Crippen LogP contribution in [0.25, 0.3) is 0 Å². The van der Waals surface area contributed by atoms with Gasteiger partial charge < -0.3 is 16.0 Å². The number of nitrogen functional groups attached to an aromatic ring is 1. The fourth-order valence-corrected chi connectivity index (χ4v) is 3.82. The summed E-state index contributed by atoms with van der Waals surface area (Å²) in [7, 11) is 0. The van der Waals surface area contributed by atoms with E-state index in [2.05, 4.69) is 11.4 Å². The number of carbonyl (C=O) groups is 2. The number of anilines is 1. The maximum absolute atomic E-state index is 12.5. The molecule has 3 rings (SSSR count). The molecule has 0 aliphatic carbocycles. The van der Waals surface area contributed by atoms with Gasteiger partial charge in [0, 0.05) is 36.1 Å². The molecule has 2 aromatic rings. The van der Waals surface area contributed by atoms with Crippen LogP contribution in [-0.2, 0) is 11.2 Å². The molecule has 1 aromatic carbocycles. The van der Waals surface area contributed by atoms with Gasteiger partial charge in [0.2, 0.25) is 5.91 Å². The molecule has 7 heteroatoms. The van der Waals surface area contributed by atoms with Gasteiger partial charge in [-0.3, -0.25) is 9.59 Å². The Balaban J connectivity index is 0.00000243. The molecule has 5 nitrogen and oxygen atoms in total. The van der Waals surface area contributed by atoms with E-state index in [1.807, 2.05) is 23.6 Å². The average molecular weight is 394 g/mol. The number of hydrogen-bond donors (Lipinski definition) is 2. The van der Waals surface area contributed by atoms with Gasteiger partial charge in [0.15, 0.2) is 0 Å². The molecule has 0 atom stereocenters. The van der Waals surface area contributed by atoms with Crippen molar-refractivity contribution < 1.29 is 9.59 Å². The van der Waals surface area contributed by atoms with Crippen LogP contribution in [0.4, 0.5) is 5.69 Å². The van der Waals surface area contributed by atoms with E-state index in [-0.39, 0.29) is 30.1 Å². The third-order valence-corrected chi connectivity index (χ3v) is 5.53. The minimum absolute atomic E-state index is 0. The minimum Gasteiger partial charge on any atom is -0.398 e. The van der Waals surface area contributed by atoms with Crippen LogP contribution in [0.2, 0.25) is 0 Å². The van der Waals surface area contributed by atoms with Crippen LogP contribution in [0, 0.1) is 5.92 Å². The Bertz CT molecular complexity index is 728. The van der Waals surface area contributed by atoms with Crippen molar-refractivity contribution in [2.24, 2.45) is 5.92 Å². The summed E-state index contributed by atoms with van der Waals surface area (Å²) in [5.41, 5.74) is 6.93. The standard InChI is InChI=1S/C19H23N3O2S.ClH/c20-17-6-2-1-5-16(17)19(24)22-11-8-14(9-12-22)18(23)21-10-7-15-4-3-13-25-15;/h1-6,13-14H,7-12,20H2,(H,21,23);1H. The Morgan fingerprint density at radius 3 is 2.54 bits per heavy atom. The van der Waals surface area contributed by atoms with E-state index >= 15 is 0 Å². The Kier molecular flexibility index (Phi) is 7.48. The molecule has 0 bridgehead atoms. The summed E-state index contributed by atoms with van der Waals surface area (Å²) in [5, 5.41) is 5.06. The van der Waals surface area contributed by atoms with Crippen LogP contribution in [0.15, 0.2) is 41.8 Å². The first-order valence-electron chi connectivity index (χ1n) is 8.59. The van der Waals surface area contributed by atoms with Gasteiger partial charge >= 0.3 is 0 Å². The number of likely N-dealkylation sites (tertiary alicyclic amines) is 1. The normalized spacial score (nSPS) is 14.5. The number of para-hydroxylation sites is 1. The number of thiophene rings is 1. The summed E-state index contributed by atoms with van der Waals surface area (Å²) in [5.74, 6) is 0.0399. The second kappa shape index (κ2) is 9.59. The Hall–Kier alpha value is -2.05. The number of rotatable bonds is 5. The number of nitrogens with one attached hydrogen (secondary N) is 1. The highest BCUT2D eigenvalue weighted by Gasteiger charge is 2.28. The first kappa shape index (κ1) is 20.3. The lowest BCUT2D eigenvalue weighted by Gasteiger charge is -2.31. The number of amides is 2. The minimum atomic E-state index is -0.0466. The summed E-state index contributed by atoms with van der Waals surface area (Å²) < 4.78 is 0. The first-order valence-corrected chi connectivity index (χ1v) is 9.47. The monoisotopic (exact) mass is 393 g/mol. The van der Waals surface area contributed by atoms with Gasteiger partial charge in [-0.1, -0.05) is 18.2 Å². The predicted octanol–water partition coefficient (Wildman–Crippen LogP) is 2.96. The molecule has 2 heterocycles. The van der Waals surface area contributed by atoms with Crippen LogP contribution in [0.3, 0.4) is 0 Å². The van der Waals surface area contributed by atoms with Gasteiger partial charge in [-0.05, 0) is 42.8 Å². The Morgan fingerprint density at radius 1 is 1.15 bits per heavy atom. The number of carbonyl (C=O) groups excluding carboxylic acids is 2. The molecule has 0 saturated carbocycles. The van der Waals surface area contributed by atoms with Gasteiger partial charge in [0.1, 0.15) is 0 Å². The molecule has 1 saturated heterocycles. The van der Waals surface area contributed by atoms with Crippen LogP contribution in [0.1, 0.15) is 28.1 Å². The molecular formula is C19H24ClN3O2S. The highest BCUT2D eigenvalue weighted by atomic mass is 35.5. The molecule has 1 fully saturated rings. The summed E-state index contributed by atoms with van der Waals surface area (Å²) in [4.78, 5) is 27.9. The number of piperidine rings is 1. The smallest absolute Gasteiger partial charge is 0.255 e. The molecule has 26 heavy (non-hydrogen) atoms. The van der Waals surface area contributed by atoms with Crippen LogP contribution in [-0.4, -0.2) is 36.3 Å². The summed E-state index contributed by atoms with van der Waals surface area (Å²) in [6.07, 6.45) is 2.26. The van der Waals surface area contributed by atoms with E-state index in [4.69, 9.17) is 5.73 Å². The maximum Gasteiger partial charge on any atom is 0.255 e. The molecule has 0 unspecified atom stereocenters. The van der Waals surface area contributed by atoms with Crippen molar-refractivity contribution in [2.45, 2.75) is 19.3 Å². The number of nitrogens with zero attached hydrogens (tertiary/aromatic N) is 1. The molecule has 0 spiro atoms. The molecule has 2 amide bonds. The van der Waals surface area contributed by atoms with Gasteiger partial charge in [0.05, 0.1) is 5.56 Å². The molecule has 1 aliphatic heterocycles. The lowest BCUT2D eigenvalue weighted by Crippen LogP contribution is -2.43. The van der Waals surface area contributed by atoms with E-state index < -0.39 is 0 Å². The molecule has 1 aromatic heterocycles. The van der Waals surface area contributed by atoms with Crippen LogP contribution < -0.4 is 11.1 Å². The van der Waals surface area contributed by atoms with E-state index in [1.165, 1.54) is 4.88 Å². The molecular weight excluding hydrogens is 370 g/mol. The van der Waals surface area contributed by atoms with Gasteiger partial charge in [-0.15, -0.1) is 23.7 Å². The van der Waals surface area contributed by atoms with Crippen molar-refractivity contribution in [3.63, 3.8) is 0 Å². The highest BCUT2D eigenvalue weighted by Crippen LogP contribution is 2.21. The zero-order chi connectivity index (χ0) is 17.6. The zero-order valence-corrected chi connectivity index (χ0v) is 16.2. The van der Waals surface area contributed by atoms with Gasteiger partial charge in [-0.25, -0.2) is 0 Å². The topological polar surface area (TPSA) is 75.4 Å². The van der Waals surface area contributed by atoms with Gasteiger partial charge in [-0.2, -0.15) is 0 Å². The summed E-state index contributed by atoms with van der Waals surface area (Å²) in [6, 6.07) is 11.2. The third kappa shape index (κ3) is 4.99. The second-order valence-corrected chi connectivity index (χ2v) is 7.31. The van der Waals surface area contributed by atoms with E-state index in [1.54, 1.807) is 28.4 Å². The van der Waals surface area contributed by atoms with E-state index in [0.29, 0.717) is 43.7 Å². The lowest BCUT2D eigenvalue weighted by molar-refractivity contribution is -0.126. The quantitative estimate of drug-likeness (QED) is 0.767. The molecule has 1 aliphatic rings. The SMILES string of the molecule is Cl.Nc1ccccc1C(=O)N1CCC(C(=O)NCCc2cccs2)CC1.